The molecule has 112 valence electrons. The van der Waals surface area contributed by atoms with Gasteiger partial charge in [-0.1, -0.05) is 6.92 Å². The fraction of sp³-hybridized carbons (Fsp3) is 1.00. The molecule has 1 aliphatic heterocycles. The zero-order chi connectivity index (χ0) is 14.0. The quantitative estimate of drug-likeness (QED) is 0.846. The van der Waals surface area contributed by atoms with Gasteiger partial charge in [0.05, 0.1) is 11.5 Å². The van der Waals surface area contributed by atoms with Crippen LogP contribution in [0.15, 0.2) is 0 Å². The average Bonchev–Trinajstić information content (AvgIpc) is 2.32. The van der Waals surface area contributed by atoms with E-state index in [1.165, 1.54) is 19.3 Å². The molecule has 19 heavy (non-hydrogen) atoms. The molecule has 1 aliphatic carbocycles. The highest BCUT2D eigenvalue weighted by molar-refractivity contribution is 7.91. The third-order valence-electron chi connectivity index (χ3n) is 4.89. The van der Waals surface area contributed by atoms with Crippen molar-refractivity contribution in [2.75, 3.05) is 31.6 Å². The number of nitrogens with one attached hydrogen (secondary N) is 1. The molecule has 0 bridgehead atoms. The summed E-state index contributed by atoms with van der Waals surface area (Å²) in [6.07, 6.45) is 3.83. The molecule has 4 nitrogen and oxygen atoms in total. The SMILES string of the molecule is CNC1CCC(C)CC1CN1CCS(=O)(=O)CC1C. The maximum atomic E-state index is 11.6. The van der Waals surface area contributed by atoms with E-state index >= 15 is 0 Å². The lowest BCUT2D eigenvalue weighted by molar-refractivity contribution is 0.129. The van der Waals surface area contributed by atoms with Crippen LogP contribution in [0.25, 0.3) is 0 Å². The van der Waals surface area contributed by atoms with Gasteiger partial charge in [0.25, 0.3) is 0 Å². The summed E-state index contributed by atoms with van der Waals surface area (Å²) < 4.78 is 23.3. The Morgan fingerprint density at radius 3 is 2.63 bits per heavy atom. The molecule has 0 amide bonds. The molecule has 2 rings (SSSR count). The van der Waals surface area contributed by atoms with Crippen LogP contribution in [0, 0.1) is 11.8 Å². The maximum Gasteiger partial charge on any atom is 0.153 e. The second-order valence-corrected chi connectivity index (χ2v) is 8.76. The average molecular weight is 288 g/mol. The largest absolute Gasteiger partial charge is 0.317 e. The van der Waals surface area contributed by atoms with Crippen molar-refractivity contribution in [3.05, 3.63) is 0 Å². The van der Waals surface area contributed by atoms with Gasteiger partial charge in [-0.2, -0.15) is 0 Å². The Hall–Kier alpha value is -0.130. The first-order valence-corrected chi connectivity index (χ1v) is 9.35. The van der Waals surface area contributed by atoms with Crippen molar-refractivity contribution >= 4 is 9.84 Å². The van der Waals surface area contributed by atoms with Crippen LogP contribution in [0.5, 0.6) is 0 Å². The van der Waals surface area contributed by atoms with E-state index in [1.54, 1.807) is 0 Å². The fourth-order valence-corrected chi connectivity index (χ4v) is 5.31. The first kappa shape index (κ1) is 15.3. The van der Waals surface area contributed by atoms with Gasteiger partial charge < -0.3 is 5.32 Å². The number of sulfone groups is 1. The number of hydrogen-bond acceptors (Lipinski definition) is 4. The van der Waals surface area contributed by atoms with E-state index in [4.69, 9.17) is 0 Å². The molecule has 2 aliphatic rings. The smallest absolute Gasteiger partial charge is 0.153 e. The van der Waals surface area contributed by atoms with Gasteiger partial charge >= 0.3 is 0 Å². The Kier molecular flexibility index (Phi) is 4.90. The van der Waals surface area contributed by atoms with Gasteiger partial charge in [0.2, 0.25) is 0 Å². The Morgan fingerprint density at radius 2 is 2.00 bits per heavy atom. The fourth-order valence-electron chi connectivity index (χ4n) is 3.69. The van der Waals surface area contributed by atoms with Crippen LogP contribution in [0.2, 0.25) is 0 Å². The van der Waals surface area contributed by atoms with Crippen LogP contribution in [0.3, 0.4) is 0 Å². The van der Waals surface area contributed by atoms with Crippen molar-refractivity contribution in [2.45, 2.75) is 45.2 Å². The molecular weight excluding hydrogens is 260 g/mol. The lowest BCUT2D eigenvalue weighted by atomic mass is 9.78. The van der Waals surface area contributed by atoms with E-state index in [9.17, 15) is 8.42 Å². The topological polar surface area (TPSA) is 49.4 Å². The minimum absolute atomic E-state index is 0.175. The molecular formula is C14H28N2O2S. The Labute approximate surface area is 117 Å². The highest BCUT2D eigenvalue weighted by Crippen LogP contribution is 2.30. The number of hydrogen-bond donors (Lipinski definition) is 1. The molecule has 1 saturated carbocycles. The van der Waals surface area contributed by atoms with Crippen LogP contribution >= 0.6 is 0 Å². The van der Waals surface area contributed by atoms with E-state index in [2.05, 4.69) is 31.1 Å². The molecule has 4 unspecified atom stereocenters. The van der Waals surface area contributed by atoms with Gasteiger partial charge in [-0.15, -0.1) is 0 Å². The normalized spacial score (nSPS) is 40.2. The highest BCUT2D eigenvalue weighted by atomic mass is 32.2. The number of nitrogens with zero attached hydrogens (tertiary/aromatic N) is 1. The van der Waals surface area contributed by atoms with Crippen molar-refractivity contribution in [1.82, 2.24) is 10.2 Å². The summed E-state index contributed by atoms with van der Waals surface area (Å²) in [5.74, 6) is 2.14. The Morgan fingerprint density at radius 1 is 1.26 bits per heavy atom. The monoisotopic (exact) mass is 288 g/mol. The molecule has 5 heteroatoms. The second kappa shape index (κ2) is 6.10. The lowest BCUT2D eigenvalue weighted by Crippen LogP contribution is -2.52. The van der Waals surface area contributed by atoms with Gasteiger partial charge in [-0.05, 0) is 45.1 Å². The van der Waals surface area contributed by atoms with Crippen LogP contribution < -0.4 is 5.32 Å². The van der Waals surface area contributed by atoms with E-state index in [0.717, 1.165) is 12.5 Å². The summed E-state index contributed by atoms with van der Waals surface area (Å²) in [5.41, 5.74) is 0. The Bertz CT molecular complexity index is 396. The van der Waals surface area contributed by atoms with Gasteiger partial charge in [0.15, 0.2) is 9.84 Å². The third-order valence-corrected chi connectivity index (χ3v) is 6.69. The van der Waals surface area contributed by atoms with Crippen molar-refractivity contribution in [1.29, 1.82) is 0 Å². The van der Waals surface area contributed by atoms with Crippen LogP contribution in [0.4, 0.5) is 0 Å². The minimum atomic E-state index is -2.79. The van der Waals surface area contributed by atoms with Crippen LogP contribution in [-0.4, -0.2) is 57.0 Å². The van der Waals surface area contributed by atoms with Crippen molar-refractivity contribution in [3.63, 3.8) is 0 Å². The molecule has 2 fully saturated rings. The molecule has 1 saturated heterocycles. The first-order chi connectivity index (χ1) is 8.91. The van der Waals surface area contributed by atoms with Crippen molar-refractivity contribution < 1.29 is 8.42 Å². The third kappa shape index (κ3) is 3.92. The standard InChI is InChI=1S/C14H28N2O2S/c1-11-4-5-14(15-3)13(8-11)9-16-6-7-19(17,18)10-12(16)2/h11-15H,4-10H2,1-3H3. The summed E-state index contributed by atoms with van der Waals surface area (Å²) in [6.45, 7) is 6.15. The van der Waals surface area contributed by atoms with Crippen molar-refractivity contribution in [2.24, 2.45) is 11.8 Å². The molecule has 0 aromatic heterocycles. The van der Waals surface area contributed by atoms with Crippen LogP contribution in [0.1, 0.15) is 33.1 Å². The molecule has 0 aromatic rings. The summed E-state index contributed by atoms with van der Waals surface area (Å²) in [5, 5.41) is 3.45. The van der Waals surface area contributed by atoms with Crippen molar-refractivity contribution in [3.8, 4) is 0 Å². The summed E-state index contributed by atoms with van der Waals surface area (Å²) in [4.78, 5) is 2.38. The predicted molar refractivity (Wildman–Crippen MR) is 79.0 cm³/mol. The molecule has 0 spiro atoms. The van der Waals surface area contributed by atoms with E-state index < -0.39 is 9.84 Å². The van der Waals surface area contributed by atoms with E-state index in [1.807, 2.05) is 0 Å². The predicted octanol–water partition coefficient (Wildman–Crippen LogP) is 1.13. The zero-order valence-electron chi connectivity index (χ0n) is 12.4. The van der Waals surface area contributed by atoms with Gasteiger partial charge in [-0.25, -0.2) is 8.42 Å². The lowest BCUT2D eigenvalue weighted by Gasteiger charge is -2.41. The first-order valence-electron chi connectivity index (χ1n) is 7.53. The molecule has 4 atom stereocenters. The zero-order valence-corrected chi connectivity index (χ0v) is 13.2. The van der Waals surface area contributed by atoms with Gasteiger partial charge in [0.1, 0.15) is 0 Å². The summed E-state index contributed by atoms with van der Waals surface area (Å²) in [7, 11) is -0.740. The second-order valence-electron chi connectivity index (χ2n) is 6.53. The van der Waals surface area contributed by atoms with Gasteiger partial charge in [0, 0.05) is 25.2 Å². The van der Waals surface area contributed by atoms with E-state index in [0.29, 0.717) is 30.0 Å². The summed E-state index contributed by atoms with van der Waals surface area (Å²) >= 11 is 0. The molecule has 0 radical (unpaired) electrons. The Balaban J connectivity index is 1.95. The maximum absolute atomic E-state index is 11.6. The summed E-state index contributed by atoms with van der Waals surface area (Å²) in [6, 6.07) is 0.774. The van der Waals surface area contributed by atoms with E-state index in [-0.39, 0.29) is 6.04 Å². The van der Waals surface area contributed by atoms with Crippen LogP contribution in [-0.2, 0) is 9.84 Å². The van der Waals surface area contributed by atoms with Gasteiger partial charge in [-0.3, -0.25) is 4.90 Å². The molecule has 1 N–H and O–H groups in total. The molecule has 1 heterocycles. The number of rotatable bonds is 3. The minimum Gasteiger partial charge on any atom is -0.317 e. The highest BCUT2D eigenvalue weighted by Gasteiger charge is 2.33. The molecule has 0 aromatic carbocycles.